The molecular weight excluding hydrogens is 489 g/mol. The Balaban J connectivity index is 0.00000729. The van der Waals surface area contributed by atoms with Gasteiger partial charge in [0.1, 0.15) is 0 Å². The lowest BCUT2D eigenvalue weighted by Crippen LogP contribution is -2.38. The monoisotopic (exact) mass is 525 g/mol. The number of nitrogens with one attached hydrogen (secondary N) is 2. The number of benzene rings is 1. The van der Waals surface area contributed by atoms with Gasteiger partial charge in [-0.05, 0) is 50.2 Å². The Kier molecular flexibility index (Phi) is 14.6. The summed E-state index contributed by atoms with van der Waals surface area (Å²) in [6.07, 6.45) is 2.28. The molecule has 0 aliphatic heterocycles. The Labute approximate surface area is 187 Å². The molecule has 0 spiro atoms. The minimum atomic E-state index is -3.25. The minimum Gasteiger partial charge on any atom is -0.396 e. The summed E-state index contributed by atoms with van der Waals surface area (Å²) < 4.78 is 24.6. The summed E-state index contributed by atoms with van der Waals surface area (Å²) >= 11 is 0. The Hall–Kier alpha value is -0.870. The molecular formula is C20H36IN3O3S. The van der Waals surface area contributed by atoms with Crippen molar-refractivity contribution in [3.8, 4) is 0 Å². The Bertz CT molecular complexity index is 652. The van der Waals surface area contributed by atoms with Gasteiger partial charge in [0.2, 0.25) is 0 Å². The molecule has 8 heteroatoms. The highest BCUT2D eigenvalue weighted by Gasteiger charge is 2.13. The van der Waals surface area contributed by atoms with E-state index in [4.69, 9.17) is 0 Å². The van der Waals surface area contributed by atoms with Crippen LogP contribution in [0.25, 0.3) is 0 Å². The number of sulfone groups is 1. The molecule has 28 heavy (non-hydrogen) atoms. The van der Waals surface area contributed by atoms with Crippen LogP contribution in [0, 0.1) is 11.8 Å². The number of aliphatic imine (C=N–C) groups is 1. The first-order chi connectivity index (χ1) is 12.9. The fourth-order valence-corrected chi connectivity index (χ4v) is 4.24. The molecule has 0 aliphatic rings. The topological polar surface area (TPSA) is 90.8 Å². The van der Waals surface area contributed by atoms with Crippen LogP contribution in [-0.2, 0) is 9.84 Å². The van der Waals surface area contributed by atoms with Gasteiger partial charge in [-0.3, -0.25) is 4.99 Å². The van der Waals surface area contributed by atoms with Crippen LogP contribution in [-0.4, -0.2) is 51.5 Å². The number of hydrogen-bond donors (Lipinski definition) is 3. The van der Waals surface area contributed by atoms with E-state index in [1.165, 1.54) is 0 Å². The molecule has 0 fully saturated rings. The molecule has 0 heterocycles. The Morgan fingerprint density at radius 2 is 1.86 bits per heavy atom. The molecule has 1 rings (SSSR count). The van der Waals surface area contributed by atoms with Gasteiger partial charge >= 0.3 is 0 Å². The highest BCUT2D eigenvalue weighted by Crippen LogP contribution is 2.15. The van der Waals surface area contributed by atoms with Crippen LogP contribution in [0.3, 0.4) is 0 Å². The summed E-state index contributed by atoms with van der Waals surface area (Å²) in [6, 6.07) is 8.54. The standard InChI is InChI=1S/C20H35N3O3S.HI/c1-4-21-20(23-16-18(11-13-24)15-17(2)3)22-12-8-14-27(25,26)19-9-6-5-7-10-19;/h5-7,9-10,17-18,24H,4,8,11-16H2,1-3H3,(H2,21,22,23);1H. The maximum atomic E-state index is 12.3. The predicted octanol–water partition coefficient (Wildman–Crippen LogP) is 3.07. The number of hydrogen-bond acceptors (Lipinski definition) is 4. The first kappa shape index (κ1) is 27.1. The lowest BCUT2D eigenvalue weighted by Gasteiger charge is -2.17. The summed E-state index contributed by atoms with van der Waals surface area (Å²) in [4.78, 5) is 4.98. The number of halogens is 1. The van der Waals surface area contributed by atoms with E-state index in [0.29, 0.717) is 42.2 Å². The largest absolute Gasteiger partial charge is 0.396 e. The first-order valence-electron chi connectivity index (χ1n) is 9.79. The van der Waals surface area contributed by atoms with Crippen molar-refractivity contribution in [1.29, 1.82) is 0 Å². The van der Waals surface area contributed by atoms with Crippen molar-refractivity contribution in [2.45, 2.75) is 44.9 Å². The molecule has 0 aliphatic carbocycles. The van der Waals surface area contributed by atoms with Crippen LogP contribution in [0.5, 0.6) is 0 Å². The SMILES string of the molecule is CCNC(=NCC(CCO)CC(C)C)NCCCS(=O)(=O)c1ccccc1.I. The van der Waals surface area contributed by atoms with E-state index in [1.54, 1.807) is 24.3 Å². The van der Waals surface area contributed by atoms with E-state index in [-0.39, 0.29) is 36.3 Å². The van der Waals surface area contributed by atoms with Crippen LogP contribution in [0.15, 0.2) is 40.2 Å². The lowest BCUT2D eigenvalue weighted by molar-refractivity contribution is 0.245. The molecule has 1 unspecified atom stereocenters. The Morgan fingerprint density at radius 3 is 2.43 bits per heavy atom. The zero-order chi connectivity index (χ0) is 20.1. The molecule has 1 atom stereocenters. The maximum absolute atomic E-state index is 12.3. The molecule has 3 N–H and O–H groups in total. The third-order valence-corrected chi connectivity index (χ3v) is 6.00. The molecule has 0 bridgehead atoms. The zero-order valence-electron chi connectivity index (χ0n) is 17.2. The number of rotatable bonds is 12. The van der Waals surface area contributed by atoms with Gasteiger partial charge in [-0.1, -0.05) is 32.0 Å². The van der Waals surface area contributed by atoms with Crippen LogP contribution in [0.2, 0.25) is 0 Å². The molecule has 0 amide bonds. The van der Waals surface area contributed by atoms with Crippen molar-refractivity contribution >= 4 is 39.8 Å². The fraction of sp³-hybridized carbons (Fsp3) is 0.650. The maximum Gasteiger partial charge on any atom is 0.191 e. The Morgan fingerprint density at radius 1 is 1.18 bits per heavy atom. The molecule has 0 saturated heterocycles. The zero-order valence-corrected chi connectivity index (χ0v) is 20.4. The van der Waals surface area contributed by atoms with Gasteiger partial charge < -0.3 is 15.7 Å². The van der Waals surface area contributed by atoms with Crippen molar-refractivity contribution in [2.24, 2.45) is 16.8 Å². The average Bonchev–Trinajstić information content (AvgIpc) is 2.63. The van der Waals surface area contributed by atoms with E-state index < -0.39 is 9.84 Å². The highest BCUT2D eigenvalue weighted by molar-refractivity contribution is 14.0. The van der Waals surface area contributed by atoms with Crippen molar-refractivity contribution in [3.63, 3.8) is 0 Å². The summed E-state index contributed by atoms with van der Waals surface area (Å²) in [7, 11) is -3.25. The van der Waals surface area contributed by atoms with Gasteiger partial charge in [-0.15, -0.1) is 24.0 Å². The highest BCUT2D eigenvalue weighted by atomic mass is 127. The van der Waals surface area contributed by atoms with Gasteiger partial charge in [0.05, 0.1) is 10.6 Å². The summed E-state index contributed by atoms with van der Waals surface area (Å²) in [6.45, 7) is 8.44. The summed E-state index contributed by atoms with van der Waals surface area (Å²) in [5.74, 6) is 1.71. The molecule has 6 nitrogen and oxygen atoms in total. The number of aliphatic hydroxyl groups is 1. The van der Waals surface area contributed by atoms with Gasteiger partial charge in [0.25, 0.3) is 0 Å². The second-order valence-corrected chi connectivity index (χ2v) is 9.25. The van der Waals surface area contributed by atoms with Gasteiger partial charge in [0.15, 0.2) is 15.8 Å². The number of aliphatic hydroxyl groups excluding tert-OH is 1. The number of guanidine groups is 1. The van der Waals surface area contributed by atoms with Crippen LogP contribution < -0.4 is 10.6 Å². The minimum absolute atomic E-state index is 0. The van der Waals surface area contributed by atoms with Gasteiger partial charge in [0, 0.05) is 26.2 Å². The lowest BCUT2D eigenvalue weighted by atomic mass is 9.94. The molecule has 0 aromatic heterocycles. The van der Waals surface area contributed by atoms with Crippen molar-refractivity contribution in [3.05, 3.63) is 30.3 Å². The normalized spacial score (nSPS) is 13.1. The molecule has 1 aromatic rings. The van der Waals surface area contributed by atoms with E-state index in [2.05, 4.69) is 29.5 Å². The summed E-state index contributed by atoms with van der Waals surface area (Å²) in [5.41, 5.74) is 0. The van der Waals surface area contributed by atoms with Crippen molar-refractivity contribution in [2.75, 3.05) is 32.0 Å². The average molecular weight is 525 g/mol. The van der Waals surface area contributed by atoms with Crippen LogP contribution in [0.4, 0.5) is 0 Å². The summed E-state index contributed by atoms with van der Waals surface area (Å²) in [5, 5.41) is 15.6. The molecule has 0 saturated carbocycles. The second kappa shape index (κ2) is 15.0. The third kappa shape index (κ3) is 11.2. The van der Waals surface area contributed by atoms with Crippen molar-refractivity contribution < 1.29 is 13.5 Å². The van der Waals surface area contributed by atoms with E-state index >= 15 is 0 Å². The number of nitrogens with zero attached hydrogens (tertiary/aromatic N) is 1. The third-order valence-electron chi connectivity index (χ3n) is 4.18. The molecule has 0 radical (unpaired) electrons. The second-order valence-electron chi connectivity index (χ2n) is 7.14. The predicted molar refractivity (Wildman–Crippen MR) is 127 cm³/mol. The fourth-order valence-electron chi connectivity index (χ4n) is 2.91. The quantitative estimate of drug-likeness (QED) is 0.169. The van der Waals surface area contributed by atoms with E-state index in [1.807, 2.05) is 13.0 Å². The molecule has 1 aromatic carbocycles. The first-order valence-corrected chi connectivity index (χ1v) is 11.4. The van der Waals surface area contributed by atoms with Gasteiger partial charge in [-0.25, -0.2) is 8.42 Å². The van der Waals surface area contributed by atoms with E-state index in [9.17, 15) is 13.5 Å². The van der Waals surface area contributed by atoms with Crippen LogP contribution >= 0.6 is 24.0 Å². The van der Waals surface area contributed by atoms with Crippen molar-refractivity contribution in [1.82, 2.24) is 10.6 Å². The van der Waals surface area contributed by atoms with Crippen LogP contribution in [0.1, 0.15) is 40.0 Å². The van der Waals surface area contributed by atoms with E-state index in [0.717, 1.165) is 19.4 Å². The van der Waals surface area contributed by atoms with Gasteiger partial charge in [-0.2, -0.15) is 0 Å². The smallest absolute Gasteiger partial charge is 0.191 e. The molecule has 162 valence electrons.